The van der Waals surface area contributed by atoms with Gasteiger partial charge < -0.3 is 5.11 Å². The van der Waals surface area contributed by atoms with Gasteiger partial charge in [0, 0.05) is 11.3 Å². The maximum Gasteiger partial charge on any atom is 0.0690 e. The molecule has 1 nitrogen and oxygen atoms in total. The second-order valence-electron chi connectivity index (χ2n) is 5.54. The first-order chi connectivity index (χ1) is 6.09. The maximum atomic E-state index is 10.4. The number of rotatable bonds is 0. The first-order valence-electron chi connectivity index (χ1n) is 5.45. The number of aliphatic hydroxyl groups is 1. The van der Waals surface area contributed by atoms with Crippen LogP contribution in [0, 0.1) is 23.7 Å². The summed E-state index contributed by atoms with van der Waals surface area (Å²) in [5, 5.41) is 10.6. The Morgan fingerprint density at radius 3 is 2.77 bits per heavy atom. The first-order valence-corrected chi connectivity index (χ1v) is 5.89. The van der Waals surface area contributed by atoms with Crippen LogP contribution in [0.15, 0.2) is 0 Å². The van der Waals surface area contributed by atoms with Gasteiger partial charge >= 0.3 is 0 Å². The Morgan fingerprint density at radius 1 is 1.23 bits per heavy atom. The molecule has 0 spiro atoms. The van der Waals surface area contributed by atoms with E-state index in [0.29, 0.717) is 17.8 Å². The second-order valence-corrected chi connectivity index (χ2v) is 6.05. The summed E-state index contributed by atoms with van der Waals surface area (Å²) in [5.41, 5.74) is -0.458. The van der Waals surface area contributed by atoms with Crippen molar-refractivity contribution in [3.05, 3.63) is 0 Å². The predicted octanol–water partition coefficient (Wildman–Crippen LogP) is 2.41. The van der Waals surface area contributed by atoms with E-state index < -0.39 is 5.60 Å². The van der Waals surface area contributed by atoms with Gasteiger partial charge in [0.05, 0.1) is 5.60 Å². The van der Waals surface area contributed by atoms with E-state index >= 15 is 0 Å². The molecule has 1 N–H and O–H groups in total. The van der Waals surface area contributed by atoms with Crippen LogP contribution in [0.5, 0.6) is 0 Å². The Balaban J connectivity index is 1.99. The lowest BCUT2D eigenvalue weighted by molar-refractivity contribution is -0.158. The number of alkyl halides is 1. The third-order valence-corrected chi connectivity index (χ3v) is 5.50. The van der Waals surface area contributed by atoms with Crippen molar-refractivity contribution in [3.8, 4) is 0 Å². The van der Waals surface area contributed by atoms with Crippen molar-refractivity contribution >= 4 is 11.6 Å². The van der Waals surface area contributed by atoms with E-state index in [-0.39, 0.29) is 5.38 Å². The Hall–Kier alpha value is 0.250. The van der Waals surface area contributed by atoms with E-state index in [1.807, 2.05) is 6.92 Å². The molecular weight excluding hydrogens is 184 g/mol. The lowest BCUT2D eigenvalue weighted by atomic mass is 9.50. The molecule has 13 heavy (non-hydrogen) atoms. The molecule has 4 rings (SSSR count). The summed E-state index contributed by atoms with van der Waals surface area (Å²) in [5.74, 6) is 2.52. The minimum Gasteiger partial charge on any atom is -0.390 e. The molecule has 0 radical (unpaired) electrons. The van der Waals surface area contributed by atoms with Crippen molar-refractivity contribution < 1.29 is 5.11 Å². The van der Waals surface area contributed by atoms with E-state index in [2.05, 4.69) is 0 Å². The third kappa shape index (κ3) is 0.979. The van der Waals surface area contributed by atoms with Gasteiger partial charge in [-0.1, -0.05) is 0 Å². The number of hydrogen-bond donors (Lipinski definition) is 1. The first kappa shape index (κ1) is 8.55. The van der Waals surface area contributed by atoms with Gasteiger partial charge in [-0.05, 0) is 50.4 Å². The topological polar surface area (TPSA) is 20.2 Å². The van der Waals surface area contributed by atoms with E-state index in [1.54, 1.807) is 0 Å². The lowest BCUT2D eigenvalue weighted by Crippen LogP contribution is -2.60. The van der Waals surface area contributed by atoms with Crippen LogP contribution in [0.2, 0.25) is 0 Å². The summed E-state index contributed by atoms with van der Waals surface area (Å²) >= 11 is 6.39. The molecule has 0 heterocycles. The average Bonchev–Trinajstić information content (AvgIpc) is 2.08. The summed E-state index contributed by atoms with van der Waals surface area (Å²) < 4.78 is 0. The fourth-order valence-electron chi connectivity index (χ4n) is 4.10. The van der Waals surface area contributed by atoms with Gasteiger partial charge in [0.25, 0.3) is 0 Å². The molecule has 4 bridgehead atoms. The van der Waals surface area contributed by atoms with Crippen molar-refractivity contribution in [1.29, 1.82) is 0 Å². The van der Waals surface area contributed by atoms with E-state index in [4.69, 9.17) is 11.6 Å². The quantitative estimate of drug-likeness (QED) is 0.596. The van der Waals surface area contributed by atoms with Gasteiger partial charge in [-0.25, -0.2) is 0 Å². The fraction of sp³-hybridized carbons (Fsp3) is 1.00. The molecule has 6 atom stereocenters. The molecule has 2 unspecified atom stereocenters. The molecule has 2 heteroatoms. The van der Waals surface area contributed by atoms with Gasteiger partial charge in [0.2, 0.25) is 0 Å². The van der Waals surface area contributed by atoms with Gasteiger partial charge in [-0.2, -0.15) is 0 Å². The van der Waals surface area contributed by atoms with Crippen molar-refractivity contribution in [3.63, 3.8) is 0 Å². The summed E-state index contributed by atoms with van der Waals surface area (Å²) in [7, 11) is 0. The lowest BCUT2D eigenvalue weighted by Gasteiger charge is -2.59. The predicted molar refractivity (Wildman–Crippen MR) is 52.7 cm³/mol. The van der Waals surface area contributed by atoms with Crippen molar-refractivity contribution in [2.24, 2.45) is 23.7 Å². The highest BCUT2D eigenvalue weighted by Gasteiger charge is 2.58. The molecule has 4 saturated carbocycles. The molecular formula is C11H17ClO. The van der Waals surface area contributed by atoms with Gasteiger partial charge in [-0.3, -0.25) is 0 Å². The fourth-order valence-corrected chi connectivity index (χ4v) is 4.66. The van der Waals surface area contributed by atoms with Crippen LogP contribution in [0.25, 0.3) is 0 Å². The zero-order valence-corrected chi connectivity index (χ0v) is 8.80. The van der Waals surface area contributed by atoms with Crippen LogP contribution >= 0.6 is 11.6 Å². The van der Waals surface area contributed by atoms with Gasteiger partial charge in [0.1, 0.15) is 0 Å². The SMILES string of the molecule is CC1(O)[C@H]2C[C@@H]3C[C@H](C2)C(Cl)[C@H]1C3. The van der Waals surface area contributed by atoms with E-state index in [1.165, 1.54) is 25.7 Å². The average molecular weight is 201 g/mol. The van der Waals surface area contributed by atoms with E-state index in [9.17, 15) is 5.11 Å². The number of hydrogen-bond acceptors (Lipinski definition) is 1. The van der Waals surface area contributed by atoms with Gasteiger partial charge in [-0.15, -0.1) is 11.6 Å². The highest BCUT2D eigenvalue weighted by atomic mass is 35.5. The normalized spacial score (nSPS) is 64.4. The van der Waals surface area contributed by atoms with Crippen LogP contribution in [0.3, 0.4) is 0 Å². The monoisotopic (exact) mass is 200 g/mol. The smallest absolute Gasteiger partial charge is 0.0690 e. The Labute approximate surface area is 84.5 Å². The second kappa shape index (κ2) is 2.43. The number of halogens is 1. The molecule has 0 aromatic carbocycles. The summed E-state index contributed by atoms with van der Waals surface area (Å²) in [6, 6.07) is 0. The zero-order chi connectivity index (χ0) is 9.22. The van der Waals surface area contributed by atoms with Crippen molar-refractivity contribution in [2.45, 2.75) is 43.6 Å². The summed E-state index contributed by atoms with van der Waals surface area (Å²) in [4.78, 5) is 0. The highest BCUT2D eigenvalue weighted by Crippen LogP contribution is 2.59. The Kier molecular flexibility index (Phi) is 1.60. The summed E-state index contributed by atoms with van der Waals surface area (Å²) in [6.07, 6.45) is 4.93. The molecule has 0 aromatic rings. The molecule has 74 valence electrons. The summed E-state index contributed by atoms with van der Waals surface area (Å²) in [6.45, 7) is 2.01. The molecule has 0 aliphatic heterocycles. The van der Waals surface area contributed by atoms with Crippen molar-refractivity contribution in [2.75, 3.05) is 0 Å². The largest absolute Gasteiger partial charge is 0.390 e. The van der Waals surface area contributed by atoms with Gasteiger partial charge in [0.15, 0.2) is 0 Å². The maximum absolute atomic E-state index is 10.4. The molecule has 4 fully saturated rings. The minimum absolute atomic E-state index is 0.253. The van der Waals surface area contributed by atoms with Crippen LogP contribution in [0.4, 0.5) is 0 Å². The third-order valence-electron chi connectivity index (χ3n) is 4.84. The van der Waals surface area contributed by atoms with Crippen LogP contribution in [-0.2, 0) is 0 Å². The Morgan fingerprint density at radius 2 is 2.00 bits per heavy atom. The molecule has 4 aliphatic rings. The van der Waals surface area contributed by atoms with Crippen LogP contribution < -0.4 is 0 Å². The molecule has 0 aromatic heterocycles. The highest BCUT2D eigenvalue weighted by molar-refractivity contribution is 6.21. The molecule has 4 aliphatic carbocycles. The molecule has 0 saturated heterocycles. The Bertz CT molecular complexity index is 238. The van der Waals surface area contributed by atoms with E-state index in [0.717, 1.165) is 5.92 Å². The minimum atomic E-state index is -0.458. The molecule has 0 amide bonds. The van der Waals surface area contributed by atoms with Crippen LogP contribution in [-0.4, -0.2) is 16.1 Å². The van der Waals surface area contributed by atoms with Crippen molar-refractivity contribution in [1.82, 2.24) is 0 Å². The van der Waals surface area contributed by atoms with Crippen LogP contribution in [0.1, 0.15) is 32.6 Å². The standard InChI is InChI=1S/C11H17ClO/c1-11(13)8-3-6-2-7(5-8)10(12)9(11)4-6/h6-10,13H,2-5H2,1H3/t6-,7+,8-,9+,10?,11?/m0/s1. The zero-order valence-electron chi connectivity index (χ0n) is 8.04.